The average molecular weight is 228 g/mol. The van der Waals surface area contributed by atoms with Crippen LogP contribution in [0.25, 0.3) is 0 Å². The van der Waals surface area contributed by atoms with Crippen LogP contribution in [0.4, 0.5) is 0 Å². The summed E-state index contributed by atoms with van der Waals surface area (Å²) in [6, 6.07) is 7.50. The van der Waals surface area contributed by atoms with Gasteiger partial charge in [-0.25, -0.2) is 0 Å². The van der Waals surface area contributed by atoms with Crippen molar-refractivity contribution >= 4 is 11.6 Å². The molecule has 1 unspecified atom stereocenters. The van der Waals surface area contributed by atoms with Crippen LogP contribution in [-0.4, -0.2) is 17.3 Å². The summed E-state index contributed by atoms with van der Waals surface area (Å²) >= 11 is 5.81. The van der Waals surface area contributed by atoms with Gasteiger partial charge >= 0.3 is 0 Å². The van der Waals surface area contributed by atoms with E-state index in [9.17, 15) is 5.11 Å². The number of nitrogens with one attached hydrogen (secondary N) is 1. The zero-order chi connectivity index (χ0) is 11.5. The average Bonchev–Trinajstić information content (AvgIpc) is 2.14. The molecule has 2 N–H and O–H groups in total. The van der Waals surface area contributed by atoms with E-state index in [1.54, 1.807) is 0 Å². The second-order valence-electron chi connectivity index (χ2n) is 4.68. The minimum absolute atomic E-state index is 0.0208. The van der Waals surface area contributed by atoms with Crippen molar-refractivity contribution in [1.29, 1.82) is 0 Å². The Morgan fingerprint density at radius 3 is 2.20 bits per heavy atom. The number of rotatable bonds is 3. The summed E-state index contributed by atoms with van der Waals surface area (Å²) in [4.78, 5) is 0. The van der Waals surface area contributed by atoms with Crippen LogP contribution in [-0.2, 0) is 0 Å². The van der Waals surface area contributed by atoms with Crippen molar-refractivity contribution in [3.05, 3.63) is 34.9 Å². The van der Waals surface area contributed by atoms with Crippen molar-refractivity contribution < 1.29 is 5.11 Å². The van der Waals surface area contributed by atoms with Crippen LogP contribution in [0.2, 0.25) is 5.02 Å². The molecule has 2 nitrogen and oxygen atoms in total. The molecule has 0 heterocycles. The molecule has 0 spiro atoms. The molecule has 1 aromatic carbocycles. The highest BCUT2D eigenvalue weighted by Gasteiger charge is 2.17. The highest BCUT2D eigenvalue weighted by molar-refractivity contribution is 6.30. The third kappa shape index (κ3) is 4.20. The molecule has 0 aliphatic carbocycles. The first-order valence-corrected chi connectivity index (χ1v) is 5.44. The third-order valence-electron chi connectivity index (χ3n) is 2.06. The molecule has 0 amide bonds. The molecule has 0 saturated carbocycles. The molecule has 0 bridgehead atoms. The summed E-state index contributed by atoms with van der Waals surface area (Å²) < 4.78 is 0. The van der Waals surface area contributed by atoms with Gasteiger partial charge in [-0.1, -0.05) is 23.7 Å². The van der Waals surface area contributed by atoms with E-state index < -0.39 is 0 Å². The van der Waals surface area contributed by atoms with Crippen LogP contribution < -0.4 is 5.32 Å². The van der Waals surface area contributed by atoms with Gasteiger partial charge in [-0.3, -0.25) is 0 Å². The Morgan fingerprint density at radius 2 is 1.80 bits per heavy atom. The molecular weight excluding hydrogens is 210 g/mol. The minimum atomic E-state index is -0.0396. The van der Waals surface area contributed by atoms with E-state index in [4.69, 9.17) is 11.6 Å². The quantitative estimate of drug-likeness (QED) is 0.833. The lowest BCUT2D eigenvalue weighted by molar-refractivity contribution is 0.217. The third-order valence-corrected chi connectivity index (χ3v) is 2.31. The summed E-state index contributed by atoms with van der Waals surface area (Å²) in [6.45, 7) is 6.31. The van der Waals surface area contributed by atoms with Gasteiger partial charge < -0.3 is 10.4 Å². The van der Waals surface area contributed by atoms with Crippen LogP contribution in [0, 0.1) is 0 Å². The minimum Gasteiger partial charge on any atom is -0.394 e. The number of aliphatic hydroxyl groups excluding tert-OH is 1. The normalized spacial score (nSPS) is 13.9. The number of aliphatic hydroxyl groups is 1. The SMILES string of the molecule is CC(C)(C)NC(CO)c1ccc(Cl)cc1. The standard InChI is InChI=1S/C12H18ClNO/c1-12(2,3)14-11(8-15)9-4-6-10(13)7-5-9/h4-7,11,14-15H,8H2,1-3H3. The van der Waals surface area contributed by atoms with Crippen molar-refractivity contribution in [2.75, 3.05) is 6.61 Å². The second kappa shape index (κ2) is 4.97. The van der Waals surface area contributed by atoms with Crippen LogP contribution >= 0.6 is 11.6 Å². The van der Waals surface area contributed by atoms with E-state index in [-0.39, 0.29) is 18.2 Å². The maximum Gasteiger partial charge on any atom is 0.0626 e. The fourth-order valence-corrected chi connectivity index (χ4v) is 1.58. The zero-order valence-corrected chi connectivity index (χ0v) is 10.2. The molecule has 0 aromatic heterocycles. The van der Waals surface area contributed by atoms with Crippen molar-refractivity contribution in [3.63, 3.8) is 0 Å². The summed E-state index contributed by atoms with van der Waals surface area (Å²) in [7, 11) is 0. The molecule has 3 heteroatoms. The van der Waals surface area contributed by atoms with Crippen molar-refractivity contribution in [1.82, 2.24) is 5.32 Å². The molecular formula is C12H18ClNO. The van der Waals surface area contributed by atoms with E-state index in [2.05, 4.69) is 26.1 Å². The number of hydrogen-bond donors (Lipinski definition) is 2. The van der Waals surface area contributed by atoms with Crippen molar-refractivity contribution in [2.45, 2.75) is 32.4 Å². The first-order chi connectivity index (χ1) is 6.92. The predicted molar refractivity (Wildman–Crippen MR) is 64.2 cm³/mol. The highest BCUT2D eigenvalue weighted by Crippen LogP contribution is 2.18. The molecule has 15 heavy (non-hydrogen) atoms. The summed E-state index contributed by atoms with van der Waals surface area (Å²) in [6.07, 6.45) is 0. The lowest BCUT2D eigenvalue weighted by Crippen LogP contribution is -2.40. The van der Waals surface area contributed by atoms with Gasteiger partial charge in [0.1, 0.15) is 0 Å². The van der Waals surface area contributed by atoms with Gasteiger partial charge in [-0.05, 0) is 38.5 Å². The van der Waals surface area contributed by atoms with Gasteiger partial charge in [0, 0.05) is 10.6 Å². The van der Waals surface area contributed by atoms with Gasteiger partial charge in [0.2, 0.25) is 0 Å². The highest BCUT2D eigenvalue weighted by atomic mass is 35.5. The molecule has 84 valence electrons. The Hall–Kier alpha value is -0.570. The summed E-state index contributed by atoms with van der Waals surface area (Å²) in [5.41, 5.74) is 1.03. The molecule has 0 aliphatic heterocycles. The first-order valence-electron chi connectivity index (χ1n) is 5.06. The van der Waals surface area contributed by atoms with Crippen LogP contribution in [0.3, 0.4) is 0 Å². The zero-order valence-electron chi connectivity index (χ0n) is 9.42. The van der Waals surface area contributed by atoms with Gasteiger partial charge in [0.05, 0.1) is 12.6 Å². The summed E-state index contributed by atoms with van der Waals surface area (Å²) in [5, 5.41) is 13.4. The number of halogens is 1. The van der Waals surface area contributed by atoms with E-state index in [0.29, 0.717) is 5.02 Å². The lowest BCUT2D eigenvalue weighted by Gasteiger charge is -2.27. The second-order valence-corrected chi connectivity index (χ2v) is 5.12. The van der Waals surface area contributed by atoms with Crippen LogP contribution in [0.15, 0.2) is 24.3 Å². The van der Waals surface area contributed by atoms with E-state index in [1.165, 1.54) is 0 Å². The molecule has 0 fully saturated rings. The molecule has 1 atom stereocenters. The molecule has 0 saturated heterocycles. The Labute approximate surface area is 96.3 Å². The van der Waals surface area contributed by atoms with E-state index >= 15 is 0 Å². The van der Waals surface area contributed by atoms with Gasteiger partial charge in [-0.2, -0.15) is 0 Å². The topological polar surface area (TPSA) is 32.3 Å². The Bertz CT molecular complexity index is 302. The van der Waals surface area contributed by atoms with Crippen molar-refractivity contribution in [3.8, 4) is 0 Å². The predicted octanol–water partition coefficient (Wildman–Crippen LogP) is 2.76. The molecule has 0 radical (unpaired) electrons. The fraction of sp³-hybridized carbons (Fsp3) is 0.500. The smallest absolute Gasteiger partial charge is 0.0626 e. The Kier molecular flexibility index (Phi) is 4.14. The maximum absolute atomic E-state index is 9.32. The lowest BCUT2D eigenvalue weighted by atomic mass is 10.0. The number of hydrogen-bond acceptors (Lipinski definition) is 2. The van der Waals surface area contributed by atoms with Crippen LogP contribution in [0.5, 0.6) is 0 Å². The van der Waals surface area contributed by atoms with Gasteiger partial charge in [0.15, 0.2) is 0 Å². The van der Waals surface area contributed by atoms with Crippen molar-refractivity contribution in [2.24, 2.45) is 0 Å². The Balaban J connectivity index is 2.79. The molecule has 0 aliphatic rings. The van der Waals surface area contributed by atoms with Gasteiger partial charge in [0.25, 0.3) is 0 Å². The van der Waals surface area contributed by atoms with E-state index in [0.717, 1.165) is 5.56 Å². The first kappa shape index (κ1) is 12.5. The molecule has 1 rings (SSSR count). The fourth-order valence-electron chi connectivity index (χ4n) is 1.45. The monoisotopic (exact) mass is 227 g/mol. The van der Waals surface area contributed by atoms with E-state index in [1.807, 2.05) is 24.3 Å². The van der Waals surface area contributed by atoms with Crippen LogP contribution in [0.1, 0.15) is 32.4 Å². The maximum atomic E-state index is 9.32. The summed E-state index contributed by atoms with van der Waals surface area (Å²) in [5.74, 6) is 0. The largest absolute Gasteiger partial charge is 0.394 e. The Morgan fingerprint density at radius 1 is 1.27 bits per heavy atom. The number of benzene rings is 1. The van der Waals surface area contributed by atoms with Gasteiger partial charge in [-0.15, -0.1) is 0 Å². The molecule has 1 aromatic rings.